The van der Waals surface area contributed by atoms with Crippen LogP contribution in [0.25, 0.3) is 103 Å². The van der Waals surface area contributed by atoms with Gasteiger partial charge in [-0.15, -0.1) is 11.3 Å². The van der Waals surface area contributed by atoms with E-state index in [0.29, 0.717) is 0 Å². The summed E-state index contributed by atoms with van der Waals surface area (Å²) in [6.07, 6.45) is 0. The van der Waals surface area contributed by atoms with Crippen molar-refractivity contribution < 1.29 is 0 Å². The molecule has 3 heteroatoms. The Morgan fingerprint density at radius 2 is 1.00 bits per heavy atom. The van der Waals surface area contributed by atoms with Crippen LogP contribution < -0.4 is 4.90 Å². The topological polar surface area (TPSA) is 8.17 Å². The zero-order valence-corrected chi connectivity index (χ0v) is 36.2. The second kappa shape index (κ2) is 15.2. The molecule has 65 heavy (non-hydrogen) atoms. The predicted octanol–water partition coefficient (Wildman–Crippen LogP) is 17.9. The van der Waals surface area contributed by atoms with Gasteiger partial charge in [-0.25, -0.2) is 0 Å². The maximum Gasteiger partial charge on any atom is 0.0555 e. The highest BCUT2D eigenvalue weighted by Gasteiger charge is 2.23. The van der Waals surface area contributed by atoms with Crippen LogP contribution in [0.3, 0.4) is 0 Å². The highest BCUT2D eigenvalue weighted by Crippen LogP contribution is 2.49. The van der Waals surface area contributed by atoms with Crippen LogP contribution >= 0.6 is 11.3 Å². The van der Waals surface area contributed by atoms with Crippen molar-refractivity contribution in [2.24, 2.45) is 0 Å². The molecule has 0 bridgehead atoms. The van der Waals surface area contributed by atoms with Crippen LogP contribution in [0.1, 0.15) is 0 Å². The molecule has 0 fully saturated rings. The Morgan fingerprint density at radius 3 is 1.88 bits per heavy atom. The molecule has 0 spiro atoms. The van der Waals surface area contributed by atoms with E-state index in [1.807, 2.05) is 11.3 Å². The van der Waals surface area contributed by atoms with E-state index in [1.165, 1.54) is 103 Å². The molecule has 0 saturated heterocycles. The third-order valence-corrected chi connectivity index (χ3v) is 14.4. The summed E-state index contributed by atoms with van der Waals surface area (Å²) in [5.74, 6) is 0. The molecule has 0 aliphatic heterocycles. The summed E-state index contributed by atoms with van der Waals surface area (Å²) < 4.78 is 5.02. The first-order chi connectivity index (χ1) is 32.2. The Hall–Kier alpha value is -8.24. The van der Waals surface area contributed by atoms with Crippen molar-refractivity contribution in [2.75, 3.05) is 4.90 Å². The Labute approximate surface area is 381 Å². The van der Waals surface area contributed by atoms with Gasteiger partial charge in [-0.2, -0.15) is 0 Å². The van der Waals surface area contributed by atoms with E-state index in [-0.39, 0.29) is 0 Å². The van der Waals surface area contributed by atoms with Gasteiger partial charge in [-0.1, -0.05) is 182 Å². The summed E-state index contributed by atoms with van der Waals surface area (Å²) in [7, 11) is 0. The average Bonchev–Trinajstić information content (AvgIpc) is 3.94. The lowest BCUT2D eigenvalue weighted by atomic mass is 9.97. The van der Waals surface area contributed by atoms with E-state index >= 15 is 0 Å². The van der Waals surface area contributed by atoms with E-state index in [0.717, 1.165) is 17.1 Å². The normalized spacial score (nSPS) is 11.7. The summed E-state index contributed by atoms with van der Waals surface area (Å²) in [6.45, 7) is 0. The molecule has 0 radical (unpaired) electrons. The van der Waals surface area contributed by atoms with E-state index in [9.17, 15) is 0 Å². The second-order valence-electron chi connectivity index (χ2n) is 16.8. The molecule has 2 aromatic heterocycles. The van der Waals surface area contributed by atoms with E-state index in [4.69, 9.17) is 0 Å². The number of para-hydroxylation sites is 1. The van der Waals surface area contributed by atoms with Gasteiger partial charge in [0.1, 0.15) is 0 Å². The number of rotatable bonds is 7. The highest BCUT2D eigenvalue weighted by atomic mass is 32.1. The monoisotopic (exact) mass is 844 g/mol. The van der Waals surface area contributed by atoms with Gasteiger partial charge in [0.25, 0.3) is 0 Å². The van der Waals surface area contributed by atoms with Gasteiger partial charge < -0.3 is 9.47 Å². The molecular formula is C62H40N2S. The van der Waals surface area contributed by atoms with Crippen molar-refractivity contribution in [1.29, 1.82) is 0 Å². The Balaban J connectivity index is 1.03. The molecule has 0 unspecified atom stereocenters. The van der Waals surface area contributed by atoms with Crippen molar-refractivity contribution in [3.05, 3.63) is 243 Å². The van der Waals surface area contributed by atoms with Crippen LogP contribution in [0, 0.1) is 0 Å². The molecule has 0 N–H and O–H groups in total. The van der Waals surface area contributed by atoms with Gasteiger partial charge in [0.15, 0.2) is 0 Å². The summed E-state index contributed by atoms with van der Waals surface area (Å²) in [6, 6.07) is 89.0. The zero-order chi connectivity index (χ0) is 42.8. The second-order valence-corrected chi connectivity index (χ2v) is 17.9. The van der Waals surface area contributed by atoms with Crippen LogP contribution in [-0.4, -0.2) is 4.57 Å². The van der Waals surface area contributed by atoms with Crippen LogP contribution in [0.2, 0.25) is 0 Å². The lowest BCUT2D eigenvalue weighted by Crippen LogP contribution is -2.10. The molecule has 11 aromatic carbocycles. The van der Waals surface area contributed by atoms with Gasteiger partial charge >= 0.3 is 0 Å². The zero-order valence-electron chi connectivity index (χ0n) is 35.4. The number of nitrogens with zero attached hydrogens (tertiary/aromatic N) is 2. The van der Waals surface area contributed by atoms with Gasteiger partial charge in [0.05, 0.1) is 22.4 Å². The van der Waals surface area contributed by atoms with E-state index in [2.05, 4.69) is 252 Å². The molecule has 0 aliphatic carbocycles. The molecule has 0 atom stereocenters. The van der Waals surface area contributed by atoms with Crippen molar-refractivity contribution in [2.45, 2.75) is 0 Å². The first kappa shape index (κ1) is 37.3. The lowest BCUT2D eigenvalue weighted by molar-refractivity contribution is 1.20. The molecule has 13 rings (SSSR count). The van der Waals surface area contributed by atoms with Crippen LogP contribution in [0.5, 0.6) is 0 Å². The first-order valence-electron chi connectivity index (χ1n) is 22.2. The first-order valence-corrected chi connectivity index (χ1v) is 23.1. The quantitative estimate of drug-likeness (QED) is 0.155. The molecule has 304 valence electrons. The van der Waals surface area contributed by atoms with Crippen LogP contribution in [0.4, 0.5) is 17.1 Å². The van der Waals surface area contributed by atoms with E-state index in [1.54, 1.807) is 0 Å². The molecule has 2 nitrogen and oxygen atoms in total. The fourth-order valence-corrected chi connectivity index (χ4v) is 11.4. The fraction of sp³-hybridized carbons (Fsp3) is 0. The summed E-state index contributed by atoms with van der Waals surface area (Å²) in [5.41, 5.74) is 14.2. The van der Waals surface area contributed by atoms with Crippen LogP contribution in [-0.2, 0) is 0 Å². The van der Waals surface area contributed by atoms with E-state index < -0.39 is 0 Å². The SMILES string of the molecule is c1ccc(-c2ccc(N(c3ccc(-c4ccc5ccccc5c4)cc3)c3cccc(-c4cccc5c4c4ccccc4n5-c4cccc5ccccc45)c3)c3c2sc2ccccc23)cc1. The Bertz CT molecular complexity index is 3950. The molecule has 0 saturated carbocycles. The van der Waals surface area contributed by atoms with Gasteiger partial charge in [-0.05, 0) is 110 Å². The Kier molecular flexibility index (Phi) is 8.75. The highest BCUT2D eigenvalue weighted by molar-refractivity contribution is 7.26. The van der Waals surface area contributed by atoms with Crippen molar-refractivity contribution in [3.63, 3.8) is 0 Å². The number of thiophene rings is 1. The molecule has 2 heterocycles. The minimum atomic E-state index is 1.10. The predicted molar refractivity (Wildman–Crippen MR) is 280 cm³/mol. The number of fused-ring (bicyclic) bond motifs is 8. The minimum absolute atomic E-state index is 1.10. The summed E-state index contributed by atoms with van der Waals surface area (Å²) in [4.78, 5) is 2.48. The third-order valence-electron chi connectivity index (χ3n) is 13.2. The van der Waals surface area contributed by atoms with Gasteiger partial charge in [0.2, 0.25) is 0 Å². The molecule has 0 aliphatic rings. The standard InChI is InChI=1S/C62H40N2S/c1-2-16-44(17-3-1)52-37-38-58(61-54-25-9-11-30-59(54)65-62(52)61)63(48-35-33-42(34-36-48)46-32-31-41-15-4-5-19-45(41)39-46)49-22-12-21-47(40-49)51-26-14-29-57-60(51)53-24-8-10-27-56(53)64(57)55-28-13-20-43-18-6-7-23-50(43)55/h1-40H. The number of hydrogen-bond acceptors (Lipinski definition) is 2. The average molecular weight is 845 g/mol. The minimum Gasteiger partial charge on any atom is -0.310 e. The fourth-order valence-electron chi connectivity index (χ4n) is 10.2. The smallest absolute Gasteiger partial charge is 0.0555 e. The van der Waals surface area contributed by atoms with Crippen molar-refractivity contribution in [3.8, 4) is 39.1 Å². The number of benzene rings is 11. The number of aromatic nitrogens is 1. The number of anilines is 3. The van der Waals surface area contributed by atoms with Gasteiger partial charge in [-0.3, -0.25) is 0 Å². The van der Waals surface area contributed by atoms with Gasteiger partial charge in [0, 0.05) is 47.7 Å². The number of hydrogen-bond donors (Lipinski definition) is 0. The third kappa shape index (κ3) is 6.16. The van der Waals surface area contributed by atoms with Crippen LogP contribution in [0.15, 0.2) is 243 Å². The molecule has 0 amide bonds. The van der Waals surface area contributed by atoms with Crippen molar-refractivity contribution in [1.82, 2.24) is 4.57 Å². The summed E-state index contributed by atoms with van der Waals surface area (Å²) in [5, 5.41) is 9.97. The molecule has 13 aromatic rings. The molecular weight excluding hydrogens is 805 g/mol. The maximum absolute atomic E-state index is 2.48. The Morgan fingerprint density at radius 1 is 0.338 bits per heavy atom. The van der Waals surface area contributed by atoms with Crippen molar-refractivity contribution >= 4 is 91.9 Å². The largest absolute Gasteiger partial charge is 0.310 e. The summed E-state index contributed by atoms with van der Waals surface area (Å²) >= 11 is 1.88. The maximum atomic E-state index is 2.48. The lowest BCUT2D eigenvalue weighted by Gasteiger charge is -2.28.